The number of hydrogen-bond acceptors (Lipinski definition) is 2. The largest absolute Gasteiger partial charge is 0.417 e. The molecule has 1 amide bonds. The number of fused-ring (bicyclic) bond motifs is 1. The van der Waals surface area contributed by atoms with Gasteiger partial charge in [-0.2, -0.15) is 13.2 Å². The third-order valence-corrected chi connectivity index (χ3v) is 4.25. The molecule has 0 radical (unpaired) electrons. The number of carbonyl (C=O) groups excluding carboxylic acids is 1. The number of anilines is 1. The van der Waals surface area contributed by atoms with Gasteiger partial charge in [-0.05, 0) is 31.0 Å². The fourth-order valence-electron chi connectivity index (χ4n) is 2.71. The highest BCUT2D eigenvalue weighted by Crippen LogP contribution is 2.32. The quantitative estimate of drug-likeness (QED) is 0.708. The van der Waals surface area contributed by atoms with Crippen LogP contribution in [0.25, 0.3) is 5.65 Å². The average Bonchev–Trinajstić information content (AvgIpc) is 2.93. The molecule has 0 fully saturated rings. The van der Waals surface area contributed by atoms with Crippen molar-refractivity contribution in [2.75, 3.05) is 5.32 Å². The van der Waals surface area contributed by atoms with Crippen molar-refractivity contribution in [2.24, 2.45) is 0 Å². The number of imidazole rings is 1. The molecule has 4 nitrogen and oxygen atoms in total. The van der Waals surface area contributed by atoms with Gasteiger partial charge >= 0.3 is 6.18 Å². The molecule has 3 rings (SSSR count). The maximum absolute atomic E-state index is 12.9. The molecule has 136 valence electrons. The lowest BCUT2D eigenvalue weighted by Gasteiger charge is -2.10. The van der Waals surface area contributed by atoms with Crippen molar-refractivity contribution in [3.8, 4) is 0 Å². The van der Waals surface area contributed by atoms with Gasteiger partial charge in [0.2, 0.25) is 5.91 Å². The van der Waals surface area contributed by atoms with Crippen molar-refractivity contribution in [1.29, 1.82) is 0 Å². The number of aromatic nitrogens is 2. The first-order valence-electron chi connectivity index (χ1n) is 7.75. The van der Waals surface area contributed by atoms with Gasteiger partial charge in [-0.3, -0.25) is 4.79 Å². The van der Waals surface area contributed by atoms with Crippen LogP contribution in [-0.2, 0) is 17.4 Å². The third-order valence-electron chi connectivity index (χ3n) is 3.97. The summed E-state index contributed by atoms with van der Waals surface area (Å²) in [6.45, 7) is 3.76. The van der Waals surface area contributed by atoms with Gasteiger partial charge in [0.25, 0.3) is 0 Å². The van der Waals surface area contributed by atoms with E-state index >= 15 is 0 Å². The Labute approximate surface area is 152 Å². The van der Waals surface area contributed by atoms with E-state index in [1.54, 1.807) is 0 Å². The van der Waals surface area contributed by atoms with Crippen LogP contribution in [0.2, 0.25) is 5.02 Å². The Morgan fingerprint density at radius 2 is 1.88 bits per heavy atom. The van der Waals surface area contributed by atoms with Gasteiger partial charge in [0.15, 0.2) is 5.65 Å². The van der Waals surface area contributed by atoms with Gasteiger partial charge in [0.1, 0.15) is 0 Å². The van der Waals surface area contributed by atoms with Crippen LogP contribution in [0.4, 0.5) is 18.9 Å². The second kappa shape index (κ2) is 6.64. The van der Waals surface area contributed by atoms with E-state index < -0.39 is 11.7 Å². The topological polar surface area (TPSA) is 46.4 Å². The highest BCUT2D eigenvalue weighted by molar-refractivity contribution is 6.33. The molecule has 0 aliphatic carbocycles. The van der Waals surface area contributed by atoms with E-state index in [1.165, 1.54) is 10.6 Å². The average molecular weight is 382 g/mol. The number of halogens is 4. The smallest absolute Gasteiger partial charge is 0.325 e. The lowest BCUT2D eigenvalue weighted by molar-refractivity contribution is -0.137. The summed E-state index contributed by atoms with van der Waals surface area (Å²) in [7, 11) is 0. The first-order chi connectivity index (χ1) is 12.1. The minimum atomic E-state index is -4.51. The molecule has 0 unspecified atom stereocenters. The molecular formula is C18H15ClF3N3O. The molecular weight excluding hydrogens is 367 g/mol. The summed E-state index contributed by atoms with van der Waals surface area (Å²) in [6.07, 6.45) is -2.31. The molecule has 2 aromatic heterocycles. The zero-order valence-corrected chi connectivity index (χ0v) is 14.7. The number of nitrogens with one attached hydrogen (secondary N) is 1. The van der Waals surface area contributed by atoms with Crippen LogP contribution in [0.15, 0.2) is 36.7 Å². The Kier molecular flexibility index (Phi) is 4.66. The second-order valence-electron chi connectivity index (χ2n) is 6.03. The number of nitrogens with zero attached hydrogens (tertiary/aromatic N) is 2. The Bertz CT molecular complexity index is 975. The van der Waals surface area contributed by atoms with Crippen LogP contribution in [0.1, 0.15) is 22.4 Å². The van der Waals surface area contributed by atoms with Crippen LogP contribution in [0.5, 0.6) is 0 Å². The molecule has 2 heterocycles. The molecule has 3 aromatic rings. The van der Waals surface area contributed by atoms with Crippen LogP contribution in [0, 0.1) is 13.8 Å². The number of hydrogen-bond donors (Lipinski definition) is 1. The highest BCUT2D eigenvalue weighted by atomic mass is 35.5. The number of amides is 1. The second-order valence-corrected chi connectivity index (χ2v) is 6.44. The summed E-state index contributed by atoms with van der Waals surface area (Å²) in [6, 6.07) is 6.48. The van der Waals surface area contributed by atoms with Crippen molar-refractivity contribution in [3.05, 3.63) is 64.1 Å². The maximum atomic E-state index is 12.9. The van der Waals surface area contributed by atoms with Gasteiger partial charge in [-0.15, -0.1) is 0 Å². The fourth-order valence-corrected chi connectivity index (χ4v) is 2.96. The Morgan fingerprint density at radius 3 is 2.50 bits per heavy atom. The summed E-state index contributed by atoms with van der Waals surface area (Å²) >= 11 is 5.91. The molecule has 0 saturated heterocycles. The van der Waals surface area contributed by atoms with Crippen LogP contribution < -0.4 is 5.32 Å². The predicted octanol–water partition coefficient (Wildman–Crippen LogP) is 4.80. The SMILES string of the molecule is Cc1cccc(C)c1NC(=O)Cc1cn2cc(C(F)(F)F)cc(Cl)c2n1. The van der Waals surface area contributed by atoms with E-state index in [0.717, 1.165) is 29.1 Å². The van der Waals surface area contributed by atoms with E-state index in [0.29, 0.717) is 5.69 Å². The summed E-state index contributed by atoms with van der Waals surface area (Å²) in [5.74, 6) is -0.307. The zero-order chi connectivity index (χ0) is 19.1. The van der Waals surface area contributed by atoms with Crippen molar-refractivity contribution in [3.63, 3.8) is 0 Å². The minimum absolute atomic E-state index is 0.0763. The first kappa shape index (κ1) is 18.3. The molecule has 0 bridgehead atoms. The lowest BCUT2D eigenvalue weighted by Crippen LogP contribution is -2.16. The molecule has 1 N–H and O–H groups in total. The Morgan fingerprint density at radius 1 is 1.23 bits per heavy atom. The summed E-state index contributed by atoms with van der Waals surface area (Å²) < 4.78 is 39.8. The van der Waals surface area contributed by atoms with E-state index in [-0.39, 0.29) is 23.0 Å². The van der Waals surface area contributed by atoms with Crippen molar-refractivity contribution >= 4 is 28.8 Å². The molecule has 26 heavy (non-hydrogen) atoms. The highest BCUT2D eigenvalue weighted by Gasteiger charge is 2.32. The van der Waals surface area contributed by atoms with Gasteiger partial charge in [0, 0.05) is 18.1 Å². The third kappa shape index (κ3) is 3.67. The Hall–Kier alpha value is -2.54. The molecule has 0 aliphatic rings. The first-order valence-corrected chi connectivity index (χ1v) is 8.13. The number of para-hydroxylation sites is 1. The van der Waals surface area contributed by atoms with Crippen molar-refractivity contribution < 1.29 is 18.0 Å². The lowest BCUT2D eigenvalue weighted by atomic mass is 10.1. The zero-order valence-electron chi connectivity index (χ0n) is 14.0. The van der Waals surface area contributed by atoms with E-state index in [9.17, 15) is 18.0 Å². The van der Waals surface area contributed by atoms with Gasteiger partial charge in [0.05, 0.1) is 22.7 Å². The maximum Gasteiger partial charge on any atom is 0.417 e. The van der Waals surface area contributed by atoms with Gasteiger partial charge in [-0.1, -0.05) is 29.8 Å². The number of pyridine rings is 1. The predicted molar refractivity (Wildman–Crippen MR) is 93.5 cm³/mol. The van der Waals surface area contributed by atoms with Gasteiger partial charge in [-0.25, -0.2) is 4.98 Å². The molecule has 8 heteroatoms. The Balaban J connectivity index is 1.85. The summed E-state index contributed by atoms with van der Waals surface area (Å²) in [5, 5.41) is 2.70. The van der Waals surface area contributed by atoms with E-state index in [4.69, 9.17) is 11.6 Å². The van der Waals surface area contributed by atoms with Crippen LogP contribution in [0.3, 0.4) is 0 Å². The summed E-state index contributed by atoms with van der Waals surface area (Å²) in [4.78, 5) is 16.5. The van der Waals surface area contributed by atoms with E-state index in [1.807, 2.05) is 32.0 Å². The van der Waals surface area contributed by atoms with Crippen molar-refractivity contribution in [2.45, 2.75) is 26.4 Å². The monoisotopic (exact) mass is 381 g/mol. The number of alkyl halides is 3. The molecule has 0 aliphatic heterocycles. The molecule has 1 aromatic carbocycles. The number of benzene rings is 1. The van der Waals surface area contributed by atoms with Gasteiger partial charge < -0.3 is 9.72 Å². The number of carbonyl (C=O) groups is 1. The molecule has 0 spiro atoms. The number of aryl methyl sites for hydroxylation is 2. The number of rotatable bonds is 3. The fraction of sp³-hybridized carbons (Fsp3) is 0.222. The minimum Gasteiger partial charge on any atom is -0.325 e. The standard InChI is InChI=1S/C18H15ClF3N3O/c1-10-4-3-5-11(2)16(10)24-15(26)7-13-9-25-8-12(18(20,21)22)6-14(19)17(25)23-13/h3-6,8-9H,7H2,1-2H3,(H,24,26). The normalized spacial score (nSPS) is 11.8. The molecule has 0 atom stereocenters. The van der Waals surface area contributed by atoms with Crippen molar-refractivity contribution in [1.82, 2.24) is 9.38 Å². The van der Waals surface area contributed by atoms with Crippen LogP contribution in [-0.4, -0.2) is 15.3 Å². The molecule has 0 saturated carbocycles. The van der Waals surface area contributed by atoms with Crippen LogP contribution >= 0.6 is 11.6 Å². The summed E-state index contributed by atoms with van der Waals surface area (Å²) in [5.41, 5.74) is 2.19. The van der Waals surface area contributed by atoms with E-state index in [2.05, 4.69) is 10.3 Å².